The van der Waals surface area contributed by atoms with Crippen LogP contribution in [0.2, 0.25) is 0 Å². The van der Waals surface area contributed by atoms with E-state index in [9.17, 15) is 0 Å². The van der Waals surface area contributed by atoms with Gasteiger partial charge in [0.25, 0.3) is 0 Å². The Bertz CT molecular complexity index is 136. The lowest BCUT2D eigenvalue weighted by atomic mass is 9.85. The van der Waals surface area contributed by atoms with E-state index in [1.54, 1.807) is 0 Å². The van der Waals surface area contributed by atoms with Gasteiger partial charge in [-0.15, -0.1) is 6.58 Å². The molecule has 0 aromatic carbocycles. The van der Waals surface area contributed by atoms with Gasteiger partial charge in [-0.1, -0.05) is 38.2 Å². The van der Waals surface area contributed by atoms with Gasteiger partial charge in [0.2, 0.25) is 0 Å². The Morgan fingerprint density at radius 1 is 1.31 bits per heavy atom. The Balaban J connectivity index is 2.06. The monoisotopic (exact) mass is 181 g/mol. The van der Waals surface area contributed by atoms with E-state index in [2.05, 4.69) is 6.58 Å². The van der Waals surface area contributed by atoms with E-state index < -0.39 is 0 Å². The molecule has 0 bridgehead atoms. The van der Waals surface area contributed by atoms with Crippen LogP contribution in [0.5, 0.6) is 0 Å². The first-order valence-electron chi connectivity index (χ1n) is 5.69. The molecule has 13 heavy (non-hydrogen) atoms. The molecule has 1 unspecified atom stereocenters. The van der Waals surface area contributed by atoms with Crippen molar-refractivity contribution in [3.8, 4) is 0 Å². The second-order valence-corrected chi connectivity index (χ2v) is 4.37. The van der Waals surface area contributed by atoms with Gasteiger partial charge in [-0.05, 0) is 25.2 Å². The number of hydrogen-bond donors (Lipinski definition) is 1. The first-order chi connectivity index (χ1) is 6.33. The van der Waals surface area contributed by atoms with E-state index >= 15 is 0 Å². The van der Waals surface area contributed by atoms with E-state index in [1.807, 2.05) is 6.08 Å². The maximum Gasteiger partial charge on any atom is 0.00734 e. The van der Waals surface area contributed by atoms with Gasteiger partial charge in [0.1, 0.15) is 0 Å². The first-order valence-corrected chi connectivity index (χ1v) is 5.69. The van der Waals surface area contributed by atoms with Gasteiger partial charge in [-0.3, -0.25) is 0 Å². The van der Waals surface area contributed by atoms with E-state index in [4.69, 9.17) is 5.73 Å². The largest absolute Gasteiger partial charge is 0.327 e. The molecule has 76 valence electrons. The molecule has 1 saturated carbocycles. The lowest BCUT2D eigenvalue weighted by Gasteiger charge is -2.22. The molecule has 1 aliphatic carbocycles. The molecule has 1 atom stereocenters. The first kappa shape index (κ1) is 10.8. The van der Waals surface area contributed by atoms with Crippen LogP contribution in [0.1, 0.15) is 51.4 Å². The van der Waals surface area contributed by atoms with Gasteiger partial charge in [0, 0.05) is 6.04 Å². The summed E-state index contributed by atoms with van der Waals surface area (Å²) in [5, 5.41) is 0. The summed E-state index contributed by atoms with van der Waals surface area (Å²) in [7, 11) is 0. The summed E-state index contributed by atoms with van der Waals surface area (Å²) in [5.41, 5.74) is 5.93. The molecule has 0 heterocycles. The number of hydrogen-bond acceptors (Lipinski definition) is 1. The fraction of sp³-hybridized carbons (Fsp3) is 0.833. The Morgan fingerprint density at radius 3 is 2.62 bits per heavy atom. The molecular formula is C12H23N. The molecule has 0 radical (unpaired) electrons. The van der Waals surface area contributed by atoms with Gasteiger partial charge in [0.15, 0.2) is 0 Å². The zero-order chi connectivity index (χ0) is 9.52. The molecule has 0 aromatic heterocycles. The summed E-state index contributed by atoms with van der Waals surface area (Å²) in [4.78, 5) is 0. The third-order valence-corrected chi connectivity index (χ3v) is 3.14. The Kier molecular flexibility index (Phi) is 5.14. The maximum absolute atomic E-state index is 5.93. The zero-order valence-corrected chi connectivity index (χ0v) is 8.67. The highest BCUT2D eigenvalue weighted by Crippen LogP contribution is 2.27. The summed E-state index contributed by atoms with van der Waals surface area (Å²) in [6.45, 7) is 3.72. The molecular weight excluding hydrogens is 158 g/mol. The van der Waals surface area contributed by atoms with E-state index in [1.165, 1.54) is 44.9 Å². The van der Waals surface area contributed by atoms with E-state index in [0.717, 1.165) is 12.3 Å². The fourth-order valence-electron chi connectivity index (χ4n) is 2.26. The van der Waals surface area contributed by atoms with Gasteiger partial charge in [-0.25, -0.2) is 0 Å². The number of nitrogens with two attached hydrogens (primary N) is 1. The van der Waals surface area contributed by atoms with Gasteiger partial charge >= 0.3 is 0 Å². The van der Waals surface area contributed by atoms with Crippen LogP contribution in [-0.2, 0) is 0 Å². The molecule has 1 aliphatic rings. The average Bonchev–Trinajstić information content (AvgIpc) is 2.17. The normalized spacial score (nSPS) is 21.3. The highest BCUT2D eigenvalue weighted by atomic mass is 14.6. The van der Waals surface area contributed by atoms with Crippen LogP contribution in [0.15, 0.2) is 12.7 Å². The van der Waals surface area contributed by atoms with Crippen molar-refractivity contribution >= 4 is 0 Å². The second-order valence-electron chi connectivity index (χ2n) is 4.37. The summed E-state index contributed by atoms with van der Waals surface area (Å²) >= 11 is 0. The van der Waals surface area contributed by atoms with Crippen molar-refractivity contribution in [3.63, 3.8) is 0 Å². The molecule has 1 fully saturated rings. The summed E-state index contributed by atoms with van der Waals surface area (Å²) in [6, 6.07) is 0.361. The molecule has 2 N–H and O–H groups in total. The lowest BCUT2D eigenvalue weighted by molar-refractivity contribution is 0.323. The van der Waals surface area contributed by atoms with Crippen LogP contribution in [0.25, 0.3) is 0 Å². The van der Waals surface area contributed by atoms with Gasteiger partial charge in [-0.2, -0.15) is 0 Å². The molecule has 0 aromatic rings. The topological polar surface area (TPSA) is 26.0 Å². The van der Waals surface area contributed by atoms with Crippen molar-refractivity contribution in [3.05, 3.63) is 12.7 Å². The minimum Gasteiger partial charge on any atom is -0.327 e. The molecule has 0 aliphatic heterocycles. The van der Waals surface area contributed by atoms with Crippen molar-refractivity contribution in [2.45, 2.75) is 57.4 Å². The van der Waals surface area contributed by atoms with Crippen LogP contribution in [0, 0.1) is 5.92 Å². The lowest BCUT2D eigenvalue weighted by Crippen LogP contribution is -2.20. The molecule has 0 spiro atoms. The minimum absolute atomic E-state index is 0.361. The van der Waals surface area contributed by atoms with Crippen molar-refractivity contribution in [2.24, 2.45) is 11.7 Å². The SMILES string of the molecule is C=CCC(N)CCC1CCCCC1. The predicted molar refractivity (Wildman–Crippen MR) is 58.6 cm³/mol. The molecule has 1 heteroatoms. The standard InChI is InChI=1S/C12H23N/c1-2-6-12(13)10-9-11-7-4-3-5-8-11/h2,11-12H,1,3-10,13H2. The third-order valence-electron chi connectivity index (χ3n) is 3.14. The van der Waals surface area contributed by atoms with Crippen molar-refractivity contribution in [1.82, 2.24) is 0 Å². The zero-order valence-electron chi connectivity index (χ0n) is 8.67. The van der Waals surface area contributed by atoms with Gasteiger partial charge in [0.05, 0.1) is 0 Å². The van der Waals surface area contributed by atoms with Gasteiger partial charge < -0.3 is 5.73 Å². The molecule has 1 nitrogen and oxygen atoms in total. The van der Waals surface area contributed by atoms with Crippen LogP contribution < -0.4 is 5.73 Å². The summed E-state index contributed by atoms with van der Waals surface area (Å²) in [6.07, 6.45) is 12.7. The fourth-order valence-corrected chi connectivity index (χ4v) is 2.26. The van der Waals surface area contributed by atoms with Crippen molar-refractivity contribution in [2.75, 3.05) is 0 Å². The third kappa shape index (κ3) is 4.47. The Morgan fingerprint density at radius 2 is 2.00 bits per heavy atom. The summed E-state index contributed by atoms with van der Waals surface area (Å²) in [5.74, 6) is 0.976. The molecule has 0 amide bonds. The molecule has 0 saturated heterocycles. The van der Waals surface area contributed by atoms with Crippen LogP contribution in [-0.4, -0.2) is 6.04 Å². The van der Waals surface area contributed by atoms with E-state index in [-0.39, 0.29) is 0 Å². The number of rotatable bonds is 5. The molecule has 1 rings (SSSR count). The minimum atomic E-state index is 0.361. The summed E-state index contributed by atoms with van der Waals surface area (Å²) < 4.78 is 0. The maximum atomic E-state index is 5.93. The highest BCUT2D eigenvalue weighted by Gasteiger charge is 2.13. The quantitative estimate of drug-likeness (QED) is 0.647. The smallest absolute Gasteiger partial charge is 0.00734 e. The highest BCUT2D eigenvalue weighted by molar-refractivity contribution is 4.76. The van der Waals surface area contributed by atoms with Crippen molar-refractivity contribution in [1.29, 1.82) is 0 Å². The van der Waals surface area contributed by atoms with Crippen LogP contribution in [0.4, 0.5) is 0 Å². The average molecular weight is 181 g/mol. The second kappa shape index (κ2) is 6.20. The predicted octanol–water partition coefficient (Wildman–Crippen LogP) is 3.25. The van der Waals surface area contributed by atoms with Crippen molar-refractivity contribution < 1.29 is 0 Å². The Hall–Kier alpha value is -0.300. The van der Waals surface area contributed by atoms with E-state index in [0.29, 0.717) is 6.04 Å². The van der Waals surface area contributed by atoms with Crippen LogP contribution >= 0.6 is 0 Å². The Labute approximate surface area is 82.4 Å². The van der Waals surface area contributed by atoms with Crippen LogP contribution in [0.3, 0.4) is 0 Å².